The highest BCUT2D eigenvalue weighted by Gasteiger charge is 2.20. The summed E-state index contributed by atoms with van der Waals surface area (Å²) >= 11 is 0. The summed E-state index contributed by atoms with van der Waals surface area (Å²) in [5, 5.41) is 14.5. The summed E-state index contributed by atoms with van der Waals surface area (Å²) in [7, 11) is 0. The van der Waals surface area contributed by atoms with Gasteiger partial charge in [-0.05, 0) is 53.4 Å². The van der Waals surface area contributed by atoms with E-state index in [2.05, 4.69) is 36.4 Å². The van der Waals surface area contributed by atoms with Crippen LogP contribution < -0.4 is 10.6 Å². The van der Waals surface area contributed by atoms with Gasteiger partial charge in [-0.25, -0.2) is 4.98 Å². The molecule has 2 aromatic carbocycles. The average molecular weight is 398 g/mol. The van der Waals surface area contributed by atoms with Crippen LogP contribution in [0.1, 0.15) is 52.9 Å². The lowest BCUT2D eigenvalue weighted by atomic mass is 9.86. The monoisotopic (exact) mass is 398 g/mol. The van der Waals surface area contributed by atoms with Gasteiger partial charge < -0.3 is 10.6 Å². The van der Waals surface area contributed by atoms with Crippen molar-refractivity contribution in [3.05, 3.63) is 89.2 Å². The number of nitrogens with zero attached hydrogens (tertiary/aromatic N) is 2. The van der Waals surface area contributed by atoms with Crippen LogP contribution in [-0.2, 0) is 5.41 Å². The molecule has 150 valence electrons. The zero-order valence-corrected chi connectivity index (χ0v) is 17.1. The van der Waals surface area contributed by atoms with Crippen LogP contribution in [0.3, 0.4) is 0 Å². The summed E-state index contributed by atoms with van der Waals surface area (Å²) in [6, 6.07) is 20.9. The highest BCUT2D eigenvalue weighted by Crippen LogP contribution is 2.29. The summed E-state index contributed by atoms with van der Waals surface area (Å²) in [6.07, 6.45) is 0. The molecule has 1 aromatic heterocycles. The van der Waals surface area contributed by atoms with E-state index in [9.17, 15) is 9.59 Å². The molecule has 0 bridgehead atoms. The Hall–Kier alpha value is -3.98. The van der Waals surface area contributed by atoms with E-state index in [0.29, 0.717) is 16.9 Å². The fraction of sp³-hybridized carbons (Fsp3) is 0.167. The maximum absolute atomic E-state index is 12.8. The standard InChI is InChI=1S/C24H22N4O2/c1-24(2,3)18-7-4-5-8-19(18)28-23(30)21-10-6-9-20(27-21)22(29)26-17-13-11-16(15-25)12-14-17/h4-14H,1-3H3,(H,26,29)(H,28,30). The van der Waals surface area contributed by atoms with Crippen LogP contribution in [-0.4, -0.2) is 16.8 Å². The highest BCUT2D eigenvalue weighted by molar-refractivity contribution is 6.06. The molecule has 0 radical (unpaired) electrons. The maximum atomic E-state index is 12.8. The molecule has 6 heteroatoms. The summed E-state index contributed by atoms with van der Waals surface area (Å²) < 4.78 is 0. The Morgan fingerprint density at radius 1 is 0.833 bits per heavy atom. The second-order valence-electron chi connectivity index (χ2n) is 7.80. The number of para-hydroxylation sites is 1. The average Bonchev–Trinajstić information content (AvgIpc) is 2.74. The predicted octanol–water partition coefficient (Wildman–Crippen LogP) is 4.76. The minimum Gasteiger partial charge on any atom is -0.321 e. The van der Waals surface area contributed by atoms with Gasteiger partial charge in [-0.1, -0.05) is 45.0 Å². The van der Waals surface area contributed by atoms with Gasteiger partial charge in [0.1, 0.15) is 11.4 Å². The van der Waals surface area contributed by atoms with Crippen molar-refractivity contribution in [3.8, 4) is 6.07 Å². The van der Waals surface area contributed by atoms with Gasteiger partial charge in [0.25, 0.3) is 11.8 Å². The van der Waals surface area contributed by atoms with Gasteiger partial charge in [0, 0.05) is 11.4 Å². The third kappa shape index (κ3) is 4.89. The zero-order chi connectivity index (χ0) is 21.7. The van der Waals surface area contributed by atoms with E-state index in [1.165, 1.54) is 0 Å². The fourth-order valence-corrected chi connectivity index (χ4v) is 2.94. The first-order valence-electron chi connectivity index (χ1n) is 9.47. The van der Waals surface area contributed by atoms with Crippen molar-refractivity contribution in [1.82, 2.24) is 4.98 Å². The van der Waals surface area contributed by atoms with Crippen LogP contribution >= 0.6 is 0 Å². The smallest absolute Gasteiger partial charge is 0.274 e. The van der Waals surface area contributed by atoms with Gasteiger partial charge in [-0.2, -0.15) is 5.26 Å². The molecule has 6 nitrogen and oxygen atoms in total. The summed E-state index contributed by atoms with van der Waals surface area (Å²) in [5.74, 6) is -0.829. The van der Waals surface area contributed by atoms with E-state index < -0.39 is 5.91 Å². The summed E-state index contributed by atoms with van der Waals surface area (Å²) in [6.45, 7) is 6.22. The second-order valence-corrected chi connectivity index (χ2v) is 7.80. The van der Waals surface area contributed by atoms with Gasteiger partial charge in [-0.15, -0.1) is 0 Å². The summed E-state index contributed by atoms with van der Waals surface area (Å²) in [4.78, 5) is 29.5. The molecule has 1 heterocycles. The lowest BCUT2D eigenvalue weighted by Gasteiger charge is -2.22. The van der Waals surface area contributed by atoms with E-state index in [1.807, 2.05) is 30.3 Å². The first-order valence-corrected chi connectivity index (χ1v) is 9.47. The lowest BCUT2D eigenvalue weighted by molar-refractivity contribution is 0.101. The Balaban J connectivity index is 1.77. The molecule has 0 atom stereocenters. The molecule has 0 fully saturated rings. The van der Waals surface area contributed by atoms with E-state index in [-0.39, 0.29) is 22.7 Å². The minimum absolute atomic E-state index is 0.121. The molecule has 2 amide bonds. The Kier molecular flexibility index (Phi) is 5.93. The van der Waals surface area contributed by atoms with Crippen LogP contribution in [0.2, 0.25) is 0 Å². The first kappa shape index (κ1) is 20.7. The van der Waals surface area contributed by atoms with Crippen molar-refractivity contribution in [3.63, 3.8) is 0 Å². The van der Waals surface area contributed by atoms with Crippen LogP contribution in [0, 0.1) is 11.3 Å². The molecular formula is C24H22N4O2. The Bertz CT molecular complexity index is 1120. The van der Waals surface area contributed by atoms with Gasteiger partial charge in [0.15, 0.2) is 0 Å². The lowest BCUT2D eigenvalue weighted by Crippen LogP contribution is -2.21. The van der Waals surface area contributed by atoms with Gasteiger partial charge in [-0.3, -0.25) is 9.59 Å². The molecule has 0 saturated heterocycles. The van der Waals surface area contributed by atoms with E-state index >= 15 is 0 Å². The number of aromatic nitrogens is 1. The van der Waals surface area contributed by atoms with Crippen LogP contribution in [0.25, 0.3) is 0 Å². The maximum Gasteiger partial charge on any atom is 0.274 e. The normalized spacial score (nSPS) is 10.7. The number of hydrogen-bond acceptors (Lipinski definition) is 4. The number of benzene rings is 2. The Labute approximate surface area is 175 Å². The molecule has 0 aliphatic carbocycles. The van der Waals surface area contributed by atoms with E-state index in [4.69, 9.17) is 5.26 Å². The van der Waals surface area contributed by atoms with Gasteiger partial charge in [0.05, 0.1) is 11.6 Å². The highest BCUT2D eigenvalue weighted by atomic mass is 16.2. The number of rotatable bonds is 4. The minimum atomic E-state index is -0.440. The molecule has 0 aliphatic heterocycles. The van der Waals surface area contributed by atoms with E-state index in [1.54, 1.807) is 42.5 Å². The third-order valence-corrected chi connectivity index (χ3v) is 4.47. The number of carbonyl (C=O) groups is 2. The quantitative estimate of drug-likeness (QED) is 0.663. The number of hydrogen-bond donors (Lipinski definition) is 2. The molecule has 2 N–H and O–H groups in total. The van der Waals surface area contributed by atoms with Gasteiger partial charge >= 0.3 is 0 Å². The summed E-state index contributed by atoms with van der Waals surface area (Å²) in [5.41, 5.74) is 2.88. The number of nitrogens with one attached hydrogen (secondary N) is 2. The van der Waals surface area contributed by atoms with Crippen molar-refractivity contribution < 1.29 is 9.59 Å². The van der Waals surface area contributed by atoms with Crippen LogP contribution in [0.4, 0.5) is 11.4 Å². The number of nitriles is 1. The molecule has 0 spiro atoms. The van der Waals surface area contributed by atoms with E-state index in [0.717, 1.165) is 5.56 Å². The molecule has 3 aromatic rings. The molecule has 0 saturated carbocycles. The number of anilines is 2. The van der Waals surface area contributed by atoms with Crippen LogP contribution in [0.15, 0.2) is 66.7 Å². The first-order chi connectivity index (χ1) is 14.3. The van der Waals surface area contributed by atoms with Crippen molar-refractivity contribution in [2.24, 2.45) is 0 Å². The molecule has 0 unspecified atom stereocenters. The second kappa shape index (κ2) is 8.58. The number of amides is 2. The molecule has 0 aliphatic rings. The predicted molar refractivity (Wildman–Crippen MR) is 116 cm³/mol. The SMILES string of the molecule is CC(C)(C)c1ccccc1NC(=O)c1cccc(C(=O)Nc2ccc(C#N)cc2)n1. The topological polar surface area (TPSA) is 94.9 Å². The van der Waals surface area contributed by atoms with Crippen molar-refractivity contribution in [1.29, 1.82) is 5.26 Å². The van der Waals surface area contributed by atoms with Crippen molar-refractivity contribution in [2.75, 3.05) is 10.6 Å². The number of carbonyl (C=O) groups excluding carboxylic acids is 2. The zero-order valence-electron chi connectivity index (χ0n) is 17.1. The fourth-order valence-electron chi connectivity index (χ4n) is 2.94. The van der Waals surface area contributed by atoms with Crippen molar-refractivity contribution >= 4 is 23.2 Å². The third-order valence-electron chi connectivity index (χ3n) is 4.47. The Morgan fingerprint density at radius 2 is 1.43 bits per heavy atom. The Morgan fingerprint density at radius 3 is 2.03 bits per heavy atom. The van der Waals surface area contributed by atoms with Crippen molar-refractivity contribution in [2.45, 2.75) is 26.2 Å². The number of pyridine rings is 1. The largest absolute Gasteiger partial charge is 0.321 e. The molecule has 30 heavy (non-hydrogen) atoms. The van der Waals surface area contributed by atoms with Gasteiger partial charge in [0.2, 0.25) is 0 Å². The molecular weight excluding hydrogens is 376 g/mol. The van der Waals surface area contributed by atoms with Crippen LogP contribution in [0.5, 0.6) is 0 Å². The molecule has 3 rings (SSSR count).